The van der Waals surface area contributed by atoms with Crippen molar-refractivity contribution in [2.24, 2.45) is 0 Å². The minimum Gasteiger partial charge on any atom is -0.389 e. The number of hydrogen-bond donors (Lipinski definition) is 2. The molecule has 1 aromatic heterocycles. The Morgan fingerprint density at radius 1 is 1.47 bits per heavy atom. The molecule has 0 bridgehead atoms. The van der Waals surface area contributed by atoms with E-state index in [9.17, 15) is 4.39 Å². The molecule has 0 saturated carbocycles. The quantitative estimate of drug-likeness (QED) is 0.879. The van der Waals surface area contributed by atoms with Gasteiger partial charge in [-0.1, -0.05) is 23.5 Å². The number of aromatic nitrogens is 1. The van der Waals surface area contributed by atoms with Crippen LogP contribution in [0.1, 0.15) is 24.1 Å². The fraction of sp³-hybridized carbons (Fsp3) is 0.250. The van der Waals surface area contributed by atoms with Gasteiger partial charge in [0, 0.05) is 0 Å². The normalized spacial score (nSPS) is 12.4. The van der Waals surface area contributed by atoms with Crippen LogP contribution in [0.15, 0.2) is 24.4 Å². The highest BCUT2D eigenvalue weighted by Gasteiger charge is 2.09. The van der Waals surface area contributed by atoms with Crippen molar-refractivity contribution < 1.29 is 4.39 Å². The summed E-state index contributed by atoms with van der Waals surface area (Å²) < 4.78 is 13.4. The average Bonchev–Trinajstić information content (AvgIpc) is 2.68. The Bertz CT molecular complexity index is 524. The molecule has 1 atom stereocenters. The SMILES string of the molecule is Cc1ccc(C(C)Nc2ncc(N)s2)cc1F. The third kappa shape index (κ3) is 2.74. The van der Waals surface area contributed by atoms with Crippen molar-refractivity contribution in [2.45, 2.75) is 19.9 Å². The molecule has 0 aliphatic heterocycles. The lowest BCUT2D eigenvalue weighted by Gasteiger charge is -2.13. The second-order valence-corrected chi connectivity index (χ2v) is 5.00. The van der Waals surface area contributed by atoms with Crippen molar-refractivity contribution in [2.75, 3.05) is 11.1 Å². The van der Waals surface area contributed by atoms with Crippen LogP contribution in [0.25, 0.3) is 0 Å². The van der Waals surface area contributed by atoms with Gasteiger partial charge in [0.2, 0.25) is 0 Å². The molecule has 5 heteroatoms. The molecule has 0 amide bonds. The van der Waals surface area contributed by atoms with Crippen molar-refractivity contribution in [3.8, 4) is 0 Å². The highest BCUT2D eigenvalue weighted by Crippen LogP contribution is 2.25. The molecule has 2 aromatic rings. The summed E-state index contributed by atoms with van der Waals surface area (Å²) in [6.07, 6.45) is 1.61. The first kappa shape index (κ1) is 11.9. The highest BCUT2D eigenvalue weighted by atomic mass is 32.1. The molecule has 3 nitrogen and oxygen atoms in total. The Balaban J connectivity index is 2.14. The van der Waals surface area contributed by atoms with E-state index < -0.39 is 0 Å². The first-order valence-electron chi connectivity index (χ1n) is 5.30. The first-order valence-corrected chi connectivity index (χ1v) is 6.12. The minimum absolute atomic E-state index is 0.00403. The van der Waals surface area contributed by atoms with Crippen LogP contribution in [-0.2, 0) is 0 Å². The smallest absolute Gasteiger partial charge is 0.185 e. The predicted octanol–water partition coefficient (Wildman–Crippen LogP) is 3.35. The summed E-state index contributed by atoms with van der Waals surface area (Å²) >= 11 is 1.38. The Hall–Kier alpha value is -1.62. The molecule has 0 saturated heterocycles. The summed E-state index contributed by atoms with van der Waals surface area (Å²) in [5.74, 6) is -0.185. The number of nitrogens with zero attached hydrogens (tertiary/aromatic N) is 1. The van der Waals surface area contributed by atoms with Gasteiger partial charge in [-0.25, -0.2) is 9.37 Å². The number of nitrogens with two attached hydrogens (primary N) is 1. The summed E-state index contributed by atoms with van der Waals surface area (Å²) in [5, 5.41) is 4.59. The first-order chi connectivity index (χ1) is 8.06. The van der Waals surface area contributed by atoms with Crippen molar-refractivity contribution in [3.05, 3.63) is 41.3 Å². The fourth-order valence-electron chi connectivity index (χ4n) is 1.50. The number of thiazole rings is 1. The van der Waals surface area contributed by atoms with Gasteiger partial charge in [-0.15, -0.1) is 0 Å². The van der Waals surface area contributed by atoms with Gasteiger partial charge in [0.25, 0.3) is 0 Å². The standard InChI is InChI=1S/C12H14FN3S/c1-7-3-4-9(5-10(7)13)8(2)16-12-15-6-11(14)17-12/h3-6,8H,14H2,1-2H3,(H,15,16). The molecular formula is C12H14FN3S. The van der Waals surface area contributed by atoms with Crippen LogP contribution >= 0.6 is 11.3 Å². The van der Waals surface area contributed by atoms with Crippen LogP contribution in [0.3, 0.4) is 0 Å². The fourth-order valence-corrected chi connectivity index (χ4v) is 2.17. The highest BCUT2D eigenvalue weighted by molar-refractivity contribution is 7.19. The van der Waals surface area contributed by atoms with Gasteiger partial charge in [0.1, 0.15) is 10.8 Å². The van der Waals surface area contributed by atoms with E-state index in [1.165, 1.54) is 11.3 Å². The van der Waals surface area contributed by atoms with Gasteiger partial charge in [-0.3, -0.25) is 0 Å². The van der Waals surface area contributed by atoms with Crippen LogP contribution < -0.4 is 11.1 Å². The number of anilines is 2. The molecule has 0 aliphatic rings. The molecule has 2 rings (SSSR count). The van der Waals surface area contributed by atoms with Gasteiger partial charge < -0.3 is 11.1 Å². The molecule has 0 spiro atoms. The lowest BCUT2D eigenvalue weighted by Crippen LogP contribution is -2.06. The van der Waals surface area contributed by atoms with E-state index in [4.69, 9.17) is 5.73 Å². The average molecular weight is 251 g/mol. The van der Waals surface area contributed by atoms with Crippen molar-refractivity contribution in [1.29, 1.82) is 0 Å². The summed E-state index contributed by atoms with van der Waals surface area (Å²) in [5.41, 5.74) is 7.14. The Morgan fingerprint density at radius 3 is 2.82 bits per heavy atom. The molecule has 90 valence electrons. The second-order valence-electron chi connectivity index (χ2n) is 3.94. The van der Waals surface area contributed by atoms with E-state index in [2.05, 4.69) is 10.3 Å². The Morgan fingerprint density at radius 2 is 2.24 bits per heavy atom. The monoisotopic (exact) mass is 251 g/mol. The number of hydrogen-bond acceptors (Lipinski definition) is 4. The van der Waals surface area contributed by atoms with Gasteiger partial charge >= 0.3 is 0 Å². The molecule has 1 aromatic carbocycles. The molecule has 0 fully saturated rings. The second kappa shape index (κ2) is 4.71. The summed E-state index contributed by atoms with van der Waals surface area (Å²) in [6, 6.07) is 5.23. The van der Waals surface area contributed by atoms with E-state index in [1.807, 2.05) is 13.0 Å². The zero-order valence-corrected chi connectivity index (χ0v) is 10.5. The lowest BCUT2D eigenvalue weighted by molar-refractivity contribution is 0.614. The molecule has 0 radical (unpaired) electrons. The summed E-state index contributed by atoms with van der Waals surface area (Å²) in [7, 11) is 0. The summed E-state index contributed by atoms with van der Waals surface area (Å²) in [6.45, 7) is 3.71. The van der Waals surface area contributed by atoms with Gasteiger partial charge in [0.05, 0.1) is 12.2 Å². The number of aryl methyl sites for hydroxylation is 1. The largest absolute Gasteiger partial charge is 0.389 e. The number of rotatable bonds is 3. The van der Waals surface area contributed by atoms with Crippen molar-refractivity contribution in [3.63, 3.8) is 0 Å². The number of benzene rings is 1. The molecule has 17 heavy (non-hydrogen) atoms. The predicted molar refractivity (Wildman–Crippen MR) is 69.7 cm³/mol. The molecule has 0 aliphatic carbocycles. The molecule has 1 heterocycles. The maximum Gasteiger partial charge on any atom is 0.185 e. The topological polar surface area (TPSA) is 50.9 Å². The molecule has 1 unspecified atom stereocenters. The van der Waals surface area contributed by atoms with Crippen molar-refractivity contribution >= 4 is 21.5 Å². The van der Waals surface area contributed by atoms with Crippen LogP contribution in [-0.4, -0.2) is 4.98 Å². The summed E-state index contributed by atoms with van der Waals surface area (Å²) in [4.78, 5) is 4.11. The number of nitrogens with one attached hydrogen (secondary N) is 1. The van der Waals surface area contributed by atoms with E-state index in [0.717, 1.165) is 10.7 Å². The minimum atomic E-state index is -0.185. The van der Waals surface area contributed by atoms with E-state index in [1.54, 1.807) is 25.3 Å². The Kier molecular flexibility index (Phi) is 3.28. The van der Waals surface area contributed by atoms with Gasteiger partial charge in [-0.2, -0.15) is 0 Å². The van der Waals surface area contributed by atoms with E-state index in [0.29, 0.717) is 10.6 Å². The molecular weight excluding hydrogens is 237 g/mol. The van der Waals surface area contributed by atoms with E-state index in [-0.39, 0.29) is 11.9 Å². The van der Waals surface area contributed by atoms with Crippen molar-refractivity contribution in [1.82, 2.24) is 4.98 Å². The maximum atomic E-state index is 13.4. The van der Waals surface area contributed by atoms with Crippen LogP contribution in [0, 0.1) is 12.7 Å². The van der Waals surface area contributed by atoms with Crippen LogP contribution in [0.2, 0.25) is 0 Å². The van der Waals surface area contributed by atoms with Crippen LogP contribution in [0.4, 0.5) is 14.5 Å². The molecule has 3 N–H and O–H groups in total. The third-order valence-electron chi connectivity index (χ3n) is 2.56. The number of halogens is 1. The van der Waals surface area contributed by atoms with Gasteiger partial charge in [0.15, 0.2) is 5.13 Å². The van der Waals surface area contributed by atoms with Gasteiger partial charge in [-0.05, 0) is 31.0 Å². The lowest BCUT2D eigenvalue weighted by atomic mass is 10.1. The van der Waals surface area contributed by atoms with Crippen LogP contribution in [0.5, 0.6) is 0 Å². The maximum absolute atomic E-state index is 13.4. The zero-order chi connectivity index (χ0) is 12.4. The zero-order valence-electron chi connectivity index (χ0n) is 9.70. The number of nitrogen functional groups attached to an aromatic ring is 1. The Labute approximate surface area is 103 Å². The third-order valence-corrected chi connectivity index (χ3v) is 3.32. The van der Waals surface area contributed by atoms with E-state index >= 15 is 0 Å².